The Kier molecular flexibility index (Phi) is 1.86. The SMILES string of the molecule is CCCCC1C(=O)C1O. The van der Waals surface area contributed by atoms with Gasteiger partial charge in [-0.1, -0.05) is 19.8 Å². The van der Waals surface area contributed by atoms with Gasteiger partial charge in [0.15, 0.2) is 5.78 Å². The third-order valence-electron chi connectivity index (χ3n) is 1.80. The molecule has 52 valence electrons. The molecule has 0 heterocycles. The zero-order chi connectivity index (χ0) is 6.85. The van der Waals surface area contributed by atoms with Crippen molar-refractivity contribution in [3.63, 3.8) is 0 Å². The van der Waals surface area contributed by atoms with E-state index in [0.29, 0.717) is 0 Å². The second-order valence-corrected chi connectivity index (χ2v) is 2.60. The number of carbonyl (C=O) groups excluding carboxylic acids is 1. The second kappa shape index (κ2) is 2.48. The predicted molar refractivity (Wildman–Crippen MR) is 34.0 cm³/mol. The number of rotatable bonds is 3. The maximum absolute atomic E-state index is 10.5. The Labute approximate surface area is 54.9 Å². The zero-order valence-corrected chi connectivity index (χ0v) is 5.63. The smallest absolute Gasteiger partial charge is 0.168 e. The summed E-state index contributed by atoms with van der Waals surface area (Å²) >= 11 is 0. The van der Waals surface area contributed by atoms with Crippen molar-refractivity contribution in [1.82, 2.24) is 0 Å². The lowest BCUT2D eigenvalue weighted by Crippen LogP contribution is -1.84. The van der Waals surface area contributed by atoms with Crippen LogP contribution in [0.5, 0.6) is 0 Å². The van der Waals surface area contributed by atoms with Crippen LogP contribution < -0.4 is 0 Å². The quantitative estimate of drug-likeness (QED) is 0.608. The van der Waals surface area contributed by atoms with E-state index >= 15 is 0 Å². The molecule has 0 spiro atoms. The Morgan fingerprint density at radius 1 is 1.67 bits per heavy atom. The van der Waals surface area contributed by atoms with Gasteiger partial charge in [-0.3, -0.25) is 4.79 Å². The standard InChI is InChI=1S/C7H12O2/c1-2-3-4-5-6(8)7(5)9/h5-6,8H,2-4H2,1H3. The molecule has 1 aliphatic rings. The molecule has 0 bridgehead atoms. The molecular formula is C7H12O2. The van der Waals surface area contributed by atoms with E-state index in [2.05, 4.69) is 6.92 Å². The molecule has 2 nitrogen and oxygen atoms in total. The van der Waals surface area contributed by atoms with Gasteiger partial charge in [0, 0.05) is 0 Å². The Morgan fingerprint density at radius 3 is 2.56 bits per heavy atom. The van der Waals surface area contributed by atoms with Crippen molar-refractivity contribution < 1.29 is 9.90 Å². The fourth-order valence-electron chi connectivity index (χ4n) is 1.00. The van der Waals surface area contributed by atoms with Gasteiger partial charge in [0.05, 0.1) is 5.92 Å². The van der Waals surface area contributed by atoms with Gasteiger partial charge in [0.25, 0.3) is 0 Å². The van der Waals surface area contributed by atoms with Crippen LogP contribution in [0.15, 0.2) is 0 Å². The molecule has 2 atom stereocenters. The molecule has 0 aromatic rings. The number of unbranched alkanes of at least 4 members (excludes halogenated alkanes) is 1. The fraction of sp³-hybridized carbons (Fsp3) is 0.857. The van der Waals surface area contributed by atoms with Gasteiger partial charge >= 0.3 is 0 Å². The molecule has 1 aliphatic carbocycles. The third kappa shape index (κ3) is 1.30. The van der Waals surface area contributed by atoms with Gasteiger partial charge in [0.1, 0.15) is 6.10 Å². The second-order valence-electron chi connectivity index (χ2n) is 2.60. The highest BCUT2D eigenvalue weighted by Crippen LogP contribution is 2.29. The van der Waals surface area contributed by atoms with Gasteiger partial charge in [-0.05, 0) is 6.42 Å². The van der Waals surface area contributed by atoms with Crippen LogP contribution in [0.1, 0.15) is 26.2 Å². The number of carbonyl (C=O) groups is 1. The summed E-state index contributed by atoms with van der Waals surface area (Å²) < 4.78 is 0. The van der Waals surface area contributed by atoms with E-state index in [4.69, 9.17) is 5.11 Å². The maximum Gasteiger partial charge on any atom is 0.168 e. The summed E-state index contributed by atoms with van der Waals surface area (Å²) in [6, 6.07) is 0. The van der Waals surface area contributed by atoms with E-state index in [1.165, 1.54) is 0 Å². The Morgan fingerprint density at radius 2 is 2.22 bits per heavy atom. The van der Waals surface area contributed by atoms with Crippen molar-refractivity contribution in [3.05, 3.63) is 0 Å². The van der Waals surface area contributed by atoms with Crippen LogP contribution in [0.3, 0.4) is 0 Å². The van der Waals surface area contributed by atoms with Crippen molar-refractivity contribution >= 4 is 5.78 Å². The molecule has 1 rings (SSSR count). The number of hydrogen-bond donors (Lipinski definition) is 1. The lowest BCUT2D eigenvalue weighted by molar-refractivity contribution is -0.113. The molecule has 0 radical (unpaired) electrons. The van der Waals surface area contributed by atoms with Crippen LogP contribution in [0.25, 0.3) is 0 Å². The first kappa shape index (κ1) is 6.75. The lowest BCUT2D eigenvalue weighted by Gasteiger charge is -1.88. The minimum Gasteiger partial charge on any atom is -0.385 e. The van der Waals surface area contributed by atoms with Crippen LogP contribution in [-0.2, 0) is 4.79 Å². The first-order valence-electron chi connectivity index (χ1n) is 3.49. The normalized spacial score (nSPS) is 32.9. The van der Waals surface area contributed by atoms with E-state index < -0.39 is 6.10 Å². The topological polar surface area (TPSA) is 37.3 Å². The minimum atomic E-state index is -0.600. The summed E-state index contributed by atoms with van der Waals surface area (Å²) in [6.45, 7) is 2.08. The molecule has 0 amide bonds. The monoisotopic (exact) mass is 128 g/mol. The number of aliphatic hydroxyl groups excluding tert-OH is 1. The van der Waals surface area contributed by atoms with Gasteiger partial charge < -0.3 is 5.11 Å². The largest absolute Gasteiger partial charge is 0.385 e. The maximum atomic E-state index is 10.5. The lowest BCUT2D eigenvalue weighted by atomic mass is 10.2. The van der Waals surface area contributed by atoms with Crippen molar-refractivity contribution in [2.45, 2.75) is 32.3 Å². The van der Waals surface area contributed by atoms with Crippen molar-refractivity contribution in [2.24, 2.45) is 5.92 Å². The Balaban J connectivity index is 2.11. The summed E-state index contributed by atoms with van der Waals surface area (Å²) in [5.41, 5.74) is 0. The van der Waals surface area contributed by atoms with Crippen molar-refractivity contribution in [1.29, 1.82) is 0 Å². The van der Waals surface area contributed by atoms with E-state index in [9.17, 15) is 4.79 Å². The summed E-state index contributed by atoms with van der Waals surface area (Å²) in [4.78, 5) is 10.5. The Bertz CT molecular complexity index is 120. The summed E-state index contributed by atoms with van der Waals surface area (Å²) in [5.74, 6) is 0.0494. The van der Waals surface area contributed by atoms with Crippen molar-refractivity contribution in [2.75, 3.05) is 0 Å². The van der Waals surface area contributed by atoms with Gasteiger partial charge in [-0.2, -0.15) is 0 Å². The number of hydrogen-bond acceptors (Lipinski definition) is 2. The summed E-state index contributed by atoms with van der Waals surface area (Å²) in [5, 5.41) is 8.77. The van der Waals surface area contributed by atoms with E-state index in [-0.39, 0.29) is 11.7 Å². The highest BCUT2D eigenvalue weighted by molar-refractivity contribution is 6.01. The van der Waals surface area contributed by atoms with Crippen LogP contribution in [0, 0.1) is 5.92 Å². The predicted octanol–water partition coefficient (Wildman–Crippen LogP) is 0.736. The number of ketones is 1. The fourth-order valence-corrected chi connectivity index (χ4v) is 1.00. The summed E-state index contributed by atoms with van der Waals surface area (Å²) in [7, 11) is 0. The number of aliphatic hydroxyl groups is 1. The Hall–Kier alpha value is -0.370. The average Bonchev–Trinajstić information content (AvgIpc) is 2.39. The molecular weight excluding hydrogens is 116 g/mol. The molecule has 9 heavy (non-hydrogen) atoms. The van der Waals surface area contributed by atoms with Crippen LogP contribution in [-0.4, -0.2) is 17.0 Å². The average molecular weight is 128 g/mol. The molecule has 0 saturated heterocycles. The highest BCUT2D eigenvalue weighted by Gasteiger charge is 2.46. The highest BCUT2D eigenvalue weighted by atomic mass is 16.3. The third-order valence-corrected chi connectivity index (χ3v) is 1.80. The number of Topliss-reactive ketones (excluding diaryl/α,β-unsaturated/α-hetero) is 1. The van der Waals surface area contributed by atoms with Crippen molar-refractivity contribution in [3.8, 4) is 0 Å². The summed E-state index contributed by atoms with van der Waals surface area (Å²) in [6.07, 6.45) is 2.46. The van der Waals surface area contributed by atoms with Gasteiger partial charge in [-0.25, -0.2) is 0 Å². The molecule has 0 aliphatic heterocycles. The molecule has 0 aromatic heterocycles. The van der Waals surface area contributed by atoms with E-state index in [1.807, 2.05) is 0 Å². The zero-order valence-electron chi connectivity index (χ0n) is 5.63. The van der Waals surface area contributed by atoms with Crippen LogP contribution in [0.4, 0.5) is 0 Å². The van der Waals surface area contributed by atoms with Gasteiger partial charge in [-0.15, -0.1) is 0 Å². The van der Waals surface area contributed by atoms with Crippen LogP contribution in [0.2, 0.25) is 0 Å². The van der Waals surface area contributed by atoms with E-state index in [1.54, 1.807) is 0 Å². The first-order valence-corrected chi connectivity index (χ1v) is 3.49. The van der Waals surface area contributed by atoms with Crippen LogP contribution >= 0.6 is 0 Å². The first-order chi connectivity index (χ1) is 4.27. The molecule has 2 unspecified atom stereocenters. The van der Waals surface area contributed by atoms with E-state index in [0.717, 1.165) is 19.3 Å². The minimum absolute atomic E-state index is 0.00458. The molecule has 0 aromatic carbocycles. The molecule has 1 N–H and O–H groups in total. The molecule has 1 saturated carbocycles. The molecule has 1 fully saturated rings. The molecule has 2 heteroatoms. The van der Waals surface area contributed by atoms with Gasteiger partial charge in [0.2, 0.25) is 0 Å².